The summed E-state index contributed by atoms with van der Waals surface area (Å²) in [6.45, 7) is 0.792. The van der Waals surface area contributed by atoms with Gasteiger partial charge in [-0.15, -0.1) is 0 Å². The zero-order valence-corrected chi connectivity index (χ0v) is 11.6. The Labute approximate surface area is 119 Å². The molecule has 1 aromatic rings. The first-order chi connectivity index (χ1) is 9.74. The van der Waals surface area contributed by atoms with Crippen molar-refractivity contribution in [1.82, 2.24) is 10.2 Å². The molecule has 1 aromatic carbocycles. The number of benzene rings is 1. The number of hydrogen-bond acceptors (Lipinski definition) is 1. The second-order valence-corrected chi connectivity index (χ2v) is 5.83. The molecule has 108 valence electrons. The summed E-state index contributed by atoms with van der Waals surface area (Å²) in [5, 5.41) is 3.14. The van der Waals surface area contributed by atoms with E-state index < -0.39 is 0 Å². The zero-order chi connectivity index (χ0) is 13.9. The summed E-state index contributed by atoms with van der Waals surface area (Å²) in [6.07, 6.45) is 6.60. The van der Waals surface area contributed by atoms with Crippen molar-refractivity contribution >= 4 is 6.03 Å². The molecule has 2 fully saturated rings. The van der Waals surface area contributed by atoms with Gasteiger partial charge in [-0.1, -0.05) is 25.0 Å². The molecule has 0 unspecified atom stereocenters. The zero-order valence-electron chi connectivity index (χ0n) is 11.6. The molecule has 4 heteroatoms. The van der Waals surface area contributed by atoms with Crippen LogP contribution in [0.1, 0.15) is 50.1 Å². The monoisotopic (exact) mass is 276 g/mol. The topological polar surface area (TPSA) is 32.3 Å². The van der Waals surface area contributed by atoms with Gasteiger partial charge in [-0.25, -0.2) is 9.18 Å². The molecule has 2 aliphatic rings. The molecule has 3 rings (SSSR count). The second-order valence-electron chi connectivity index (χ2n) is 5.83. The minimum atomic E-state index is -0.228. The highest BCUT2D eigenvalue weighted by atomic mass is 19.1. The molecule has 1 atom stereocenters. The number of hydrogen-bond donors (Lipinski definition) is 1. The number of nitrogens with zero attached hydrogens (tertiary/aromatic N) is 1. The van der Waals surface area contributed by atoms with Crippen molar-refractivity contribution in [2.24, 2.45) is 0 Å². The Kier molecular flexibility index (Phi) is 3.90. The number of carbonyl (C=O) groups is 1. The summed E-state index contributed by atoms with van der Waals surface area (Å²) in [4.78, 5) is 14.3. The van der Waals surface area contributed by atoms with Gasteiger partial charge in [0.05, 0.1) is 6.04 Å². The molecule has 1 heterocycles. The maximum Gasteiger partial charge on any atom is 0.318 e. The Morgan fingerprint density at radius 2 is 1.80 bits per heavy atom. The molecule has 2 amide bonds. The molecule has 0 bridgehead atoms. The van der Waals surface area contributed by atoms with Crippen molar-refractivity contribution in [2.75, 3.05) is 6.54 Å². The third-order valence-corrected chi connectivity index (χ3v) is 4.45. The van der Waals surface area contributed by atoms with Crippen LogP contribution >= 0.6 is 0 Å². The molecule has 3 nitrogen and oxygen atoms in total. The van der Waals surface area contributed by atoms with Gasteiger partial charge in [0.25, 0.3) is 0 Å². The van der Waals surface area contributed by atoms with Crippen molar-refractivity contribution in [2.45, 2.75) is 50.6 Å². The van der Waals surface area contributed by atoms with E-state index in [2.05, 4.69) is 5.32 Å². The molecular weight excluding hydrogens is 255 g/mol. The van der Waals surface area contributed by atoms with E-state index in [0.29, 0.717) is 6.04 Å². The molecule has 0 radical (unpaired) electrons. The van der Waals surface area contributed by atoms with E-state index in [1.165, 1.54) is 25.0 Å². The van der Waals surface area contributed by atoms with Crippen LogP contribution in [0.4, 0.5) is 9.18 Å². The minimum Gasteiger partial charge on any atom is -0.335 e. The quantitative estimate of drug-likeness (QED) is 0.879. The fourth-order valence-corrected chi connectivity index (χ4v) is 3.37. The fourth-order valence-electron chi connectivity index (χ4n) is 3.37. The first-order valence-corrected chi connectivity index (χ1v) is 7.56. The van der Waals surface area contributed by atoms with Gasteiger partial charge in [0.1, 0.15) is 5.82 Å². The number of carbonyl (C=O) groups excluding carboxylic acids is 1. The van der Waals surface area contributed by atoms with Crippen LogP contribution < -0.4 is 5.32 Å². The smallest absolute Gasteiger partial charge is 0.318 e. The Morgan fingerprint density at radius 1 is 1.10 bits per heavy atom. The van der Waals surface area contributed by atoms with Gasteiger partial charge in [0.15, 0.2) is 0 Å². The summed E-state index contributed by atoms with van der Waals surface area (Å²) in [5.41, 5.74) is 1.03. The van der Waals surface area contributed by atoms with E-state index in [9.17, 15) is 9.18 Å². The van der Waals surface area contributed by atoms with Crippen LogP contribution in [0.2, 0.25) is 0 Å². The molecule has 1 N–H and O–H groups in total. The lowest BCUT2D eigenvalue weighted by Crippen LogP contribution is -2.43. The molecule has 1 saturated heterocycles. The Morgan fingerprint density at radius 3 is 2.50 bits per heavy atom. The van der Waals surface area contributed by atoms with Crippen molar-refractivity contribution in [1.29, 1.82) is 0 Å². The second kappa shape index (κ2) is 5.81. The van der Waals surface area contributed by atoms with E-state index in [0.717, 1.165) is 37.8 Å². The van der Waals surface area contributed by atoms with Gasteiger partial charge >= 0.3 is 6.03 Å². The molecule has 1 aliphatic heterocycles. The highest BCUT2D eigenvalue weighted by Crippen LogP contribution is 2.32. The van der Waals surface area contributed by atoms with Crippen molar-refractivity contribution in [3.63, 3.8) is 0 Å². The molecule has 0 spiro atoms. The predicted octanol–water partition coefficient (Wildman–Crippen LogP) is 3.61. The minimum absolute atomic E-state index is 0.0451. The fraction of sp³-hybridized carbons (Fsp3) is 0.562. The number of urea groups is 1. The Balaban J connectivity index is 1.68. The molecule has 1 aliphatic carbocycles. The lowest BCUT2D eigenvalue weighted by atomic mass is 10.0. The van der Waals surface area contributed by atoms with Gasteiger partial charge in [-0.3, -0.25) is 0 Å². The molecular formula is C16H21FN2O. The van der Waals surface area contributed by atoms with Gasteiger partial charge in [-0.2, -0.15) is 0 Å². The summed E-state index contributed by atoms with van der Waals surface area (Å²) in [5.74, 6) is -0.228. The number of amides is 2. The third-order valence-electron chi connectivity index (χ3n) is 4.45. The van der Waals surface area contributed by atoms with Gasteiger partial charge in [-0.05, 0) is 43.4 Å². The van der Waals surface area contributed by atoms with Crippen LogP contribution in [0, 0.1) is 5.82 Å². The van der Waals surface area contributed by atoms with Crippen LogP contribution in [0.15, 0.2) is 24.3 Å². The van der Waals surface area contributed by atoms with Crippen LogP contribution in [0.25, 0.3) is 0 Å². The molecule has 20 heavy (non-hydrogen) atoms. The van der Waals surface area contributed by atoms with E-state index in [4.69, 9.17) is 0 Å². The maximum absolute atomic E-state index is 13.0. The first kappa shape index (κ1) is 13.4. The maximum atomic E-state index is 13.0. The average molecular weight is 276 g/mol. The largest absolute Gasteiger partial charge is 0.335 e. The predicted molar refractivity (Wildman–Crippen MR) is 75.9 cm³/mol. The lowest BCUT2D eigenvalue weighted by molar-refractivity contribution is 0.189. The van der Waals surface area contributed by atoms with Crippen LogP contribution in [-0.2, 0) is 0 Å². The van der Waals surface area contributed by atoms with E-state index in [1.807, 2.05) is 4.90 Å². The third kappa shape index (κ3) is 2.79. The number of likely N-dealkylation sites (tertiary alicyclic amines) is 1. The number of halogens is 1. The van der Waals surface area contributed by atoms with Gasteiger partial charge < -0.3 is 10.2 Å². The number of nitrogens with one attached hydrogen (secondary N) is 1. The standard InChI is InChI=1S/C16H21FN2O/c17-13-9-7-12(8-10-13)15-6-3-11-19(15)16(20)18-14-4-1-2-5-14/h7-10,14-15H,1-6,11H2,(H,18,20)/t15-/m1/s1. The normalized spacial score (nSPS) is 23.2. The molecule has 1 saturated carbocycles. The lowest BCUT2D eigenvalue weighted by Gasteiger charge is -2.27. The summed E-state index contributed by atoms with van der Waals surface area (Å²) in [6, 6.07) is 7.02. The summed E-state index contributed by atoms with van der Waals surface area (Å²) < 4.78 is 13.0. The summed E-state index contributed by atoms with van der Waals surface area (Å²) in [7, 11) is 0. The highest BCUT2D eigenvalue weighted by Gasteiger charge is 2.31. The first-order valence-electron chi connectivity index (χ1n) is 7.56. The van der Waals surface area contributed by atoms with E-state index in [1.54, 1.807) is 12.1 Å². The highest BCUT2D eigenvalue weighted by molar-refractivity contribution is 5.75. The average Bonchev–Trinajstić information content (AvgIpc) is 3.10. The Hall–Kier alpha value is -1.58. The van der Waals surface area contributed by atoms with E-state index >= 15 is 0 Å². The molecule has 0 aromatic heterocycles. The van der Waals surface area contributed by atoms with Crippen molar-refractivity contribution in [3.05, 3.63) is 35.6 Å². The van der Waals surface area contributed by atoms with E-state index in [-0.39, 0.29) is 17.9 Å². The summed E-state index contributed by atoms with van der Waals surface area (Å²) >= 11 is 0. The number of rotatable bonds is 2. The van der Waals surface area contributed by atoms with Crippen molar-refractivity contribution < 1.29 is 9.18 Å². The van der Waals surface area contributed by atoms with Gasteiger partial charge in [0, 0.05) is 12.6 Å². The van der Waals surface area contributed by atoms with Crippen molar-refractivity contribution in [3.8, 4) is 0 Å². The van der Waals surface area contributed by atoms with Crippen LogP contribution in [0.3, 0.4) is 0 Å². The Bertz CT molecular complexity index is 468. The SMILES string of the molecule is O=C(NC1CCCC1)N1CCC[C@@H]1c1ccc(F)cc1. The van der Waals surface area contributed by atoms with Gasteiger partial charge in [0.2, 0.25) is 0 Å². The van der Waals surface area contributed by atoms with Crippen LogP contribution in [-0.4, -0.2) is 23.5 Å². The van der Waals surface area contributed by atoms with Crippen LogP contribution in [0.5, 0.6) is 0 Å².